The predicted octanol–water partition coefficient (Wildman–Crippen LogP) is 5.92. The number of carbonyl (C=O) groups excluding carboxylic acids is 1. The Kier molecular flexibility index (Phi) is 5.63. The van der Waals surface area contributed by atoms with Crippen molar-refractivity contribution in [2.75, 3.05) is 7.11 Å². The minimum Gasteiger partial charge on any atom is -0.481 e. The number of carbonyl (C=O) groups is 1. The van der Waals surface area contributed by atoms with Gasteiger partial charge < -0.3 is 14.8 Å². The van der Waals surface area contributed by atoms with Gasteiger partial charge in [-0.25, -0.2) is 9.78 Å². The Labute approximate surface area is 188 Å². The number of hydrogen-bond acceptors (Lipinski definition) is 5. The Morgan fingerprint density at radius 3 is 2.45 bits per heavy atom. The van der Waals surface area contributed by atoms with Crippen LogP contribution in [0.2, 0.25) is 5.02 Å². The molecule has 1 N–H and O–H groups in total. The number of rotatable bonds is 4. The van der Waals surface area contributed by atoms with Gasteiger partial charge in [0.05, 0.1) is 17.6 Å². The minimum absolute atomic E-state index is 0.120. The summed E-state index contributed by atoms with van der Waals surface area (Å²) in [6, 6.07) is 3.69. The van der Waals surface area contributed by atoms with Crippen molar-refractivity contribution in [1.29, 1.82) is 0 Å². The first-order valence-corrected chi connectivity index (χ1v) is 11.2. The van der Waals surface area contributed by atoms with E-state index in [1.54, 1.807) is 19.4 Å². The van der Waals surface area contributed by atoms with Crippen molar-refractivity contribution in [3.05, 3.63) is 35.0 Å². The van der Waals surface area contributed by atoms with Crippen LogP contribution in [-0.2, 0) is 4.74 Å². The molecular formula is C24H30ClN3O3. The standard InChI is InChI=1S/C24H30ClN3O3/c1-22(2,3)31-21(29)28-24-12-9-23(10-13-24,11-14-24)8-7-16-17(25)15-26-18-5-6-19(30-4)27-20(16)18/h5-8,15H,9-14H2,1-4H3,(H,28,29). The summed E-state index contributed by atoms with van der Waals surface area (Å²) in [4.78, 5) is 21.3. The number of pyridine rings is 2. The van der Waals surface area contributed by atoms with Crippen LogP contribution in [0.1, 0.15) is 64.9 Å². The molecule has 0 spiro atoms. The second kappa shape index (κ2) is 7.97. The Morgan fingerprint density at radius 2 is 1.84 bits per heavy atom. The zero-order valence-electron chi connectivity index (χ0n) is 18.6. The van der Waals surface area contributed by atoms with Gasteiger partial charge in [-0.05, 0) is 70.8 Å². The Hall–Kier alpha value is -2.34. The molecule has 3 saturated carbocycles. The van der Waals surface area contributed by atoms with Crippen LogP contribution in [-0.4, -0.2) is 34.3 Å². The molecule has 0 aliphatic heterocycles. The van der Waals surface area contributed by atoms with Gasteiger partial charge in [0.25, 0.3) is 0 Å². The number of nitrogens with zero attached hydrogens (tertiary/aromatic N) is 2. The highest BCUT2D eigenvalue weighted by molar-refractivity contribution is 6.32. The maximum atomic E-state index is 12.3. The summed E-state index contributed by atoms with van der Waals surface area (Å²) in [5.74, 6) is 0.540. The fourth-order valence-corrected chi connectivity index (χ4v) is 4.95. The first-order valence-electron chi connectivity index (χ1n) is 10.8. The Balaban J connectivity index is 1.51. The lowest BCUT2D eigenvalue weighted by atomic mass is 9.57. The van der Waals surface area contributed by atoms with Crippen LogP contribution in [0.15, 0.2) is 24.4 Å². The maximum Gasteiger partial charge on any atom is 0.408 e. The maximum absolute atomic E-state index is 12.3. The quantitative estimate of drug-likeness (QED) is 0.634. The summed E-state index contributed by atoms with van der Waals surface area (Å²) in [7, 11) is 1.60. The number of fused-ring (bicyclic) bond motifs is 4. The molecule has 3 fully saturated rings. The van der Waals surface area contributed by atoms with Crippen LogP contribution in [0.3, 0.4) is 0 Å². The molecule has 2 aromatic rings. The van der Waals surface area contributed by atoms with Crippen molar-refractivity contribution in [2.45, 2.75) is 70.4 Å². The molecule has 2 heterocycles. The normalized spacial score (nSPS) is 25.7. The Bertz CT molecular complexity index is 1000. The van der Waals surface area contributed by atoms with Gasteiger partial charge in [0, 0.05) is 23.4 Å². The third-order valence-electron chi connectivity index (χ3n) is 6.56. The van der Waals surface area contributed by atoms with E-state index in [0.29, 0.717) is 10.9 Å². The highest BCUT2D eigenvalue weighted by Gasteiger charge is 2.48. The smallest absolute Gasteiger partial charge is 0.408 e. The van der Waals surface area contributed by atoms with Gasteiger partial charge in [-0.15, -0.1) is 0 Å². The van der Waals surface area contributed by atoms with Gasteiger partial charge in [0.1, 0.15) is 11.1 Å². The predicted molar refractivity (Wildman–Crippen MR) is 122 cm³/mol. The number of aromatic nitrogens is 2. The molecule has 31 heavy (non-hydrogen) atoms. The molecule has 3 aliphatic rings. The topological polar surface area (TPSA) is 73.3 Å². The average Bonchev–Trinajstić information content (AvgIpc) is 2.72. The molecule has 2 bridgehead atoms. The number of nitrogens with one attached hydrogen (secondary N) is 1. The molecule has 2 aromatic heterocycles. The number of halogens is 1. The van der Waals surface area contributed by atoms with E-state index in [1.165, 1.54) is 0 Å². The van der Waals surface area contributed by atoms with E-state index in [-0.39, 0.29) is 17.0 Å². The number of allylic oxidation sites excluding steroid dienone is 1. The van der Waals surface area contributed by atoms with Crippen LogP contribution in [0.5, 0.6) is 5.88 Å². The first-order chi connectivity index (χ1) is 14.6. The zero-order valence-corrected chi connectivity index (χ0v) is 19.4. The van der Waals surface area contributed by atoms with Crippen molar-refractivity contribution in [1.82, 2.24) is 15.3 Å². The van der Waals surface area contributed by atoms with E-state index in [2.05, 4.69) is 27.4 Å². The second-order valence-electron chi connectivity index (χ2n) is 9.84. The van der Waals surface area contributed by atoms with Crippen molar-refractivity contribution in [3.63, 3.8) is 0 Å². The largest absolute Gasteiger partial charge is 0.481 e. The molecule has 5 rings (SSSR count). The van der Waals surface area contributed by atoms with Gasteiger partial charge in [-0.1, -0.05) is 23.8 Å². The molecule has 7 heteroatoms. The highest BCUT2D eigenvalue weighted by Crippen LogP contribution is 2.53. The van der Waals surface area contributed by atoms with Gasteiger partial charge >= 0.3 is 6.09 Å². The van der Waals surface area contributed by atoms with Crippen molar-refractivity contribution < 1.29 is 14.3 Å². The zero-order chi connectivity index (χ0) is 22.3. The molecule has 0 unspecified atom stereocenters. The summed E-state index contributed by atoms with van der Waals surface area (Å²) in [5, 5.41) is 3.75. The van der Waals surface area contributed by atoms with Crippen molar-refractivity contribution in [3.8, 4) is 5.88 Å². The van der Waals surface area contributed by atoms with E-state index in [1.807, 2.05) is 26.8 Å². The van der Waals surface area contributed by atoms with Crippen molar-refractivity contribution in [2.24, 2.45) is 5.41 Å². The summed E-state index contributed by atoms with van der Waals surface area (Å²) in [6.07, 6.45) is 11.7. The SMILES string of the molecule is COc1ccc2ncc(Cl)c(C=CC34CCC(NC(=O)OC(C)(C)C)(CC3)CC4)c2n1. The number of ether oxygens (including phenoxy) is 2. The molecule has 166 valence electrons. The van der Waals surface area contributed by atoms with Crippen LogP contribution in [0, 0.1) is 5.41 Å². The molecule has 0 atom stereocenters. The van der Waals surface area contributed by atoms with Crippen LogP contribution < -0.4 is 10.1 Å². The van der Waals surface area contributed by atoms with Crippen LogP contribution >= 0.6 is 11.6 Å². The molecule has 6 nitrogen and oxygen atoms in total. The molecule has 0 aromatic carbocycles. The van der Waals surface area contributed by atoms with Gasteiger partial charge in [0.15, 0.2) is 0 Å². The highest BCUT2D eigenvalue weighted by atomic mass is 35.5. The van der Waals surface area contributed by atoms with Crippen LogP contribution in [0.4, 0.5) is 4.79 Å². The molecule has 1 amide bonds. The van der Waals surface area contributed by atoms with Crippen molar-refractivity contribution >= 4 is 34.8 Å². The molecule has 0 saturated heterocycles. The van der Waals surface area contributed by atoms with Gasteiger partial charge in [-0.3, -0.25) is 4.98 Å². The first kappa shape index (κ1) is 21.9. The summed E-state index contributed by atoms with van der Waals surface area (Å²) >= 11 is 6.49. The second-order valence-corrected chi connectivity index (χ2v) is 10.3. The van der Waals surface area contributed by atoms with E-state index >= 15 is 0 Å². The summed E-state index contributed by atoms with van der Waals surface area (Å²) in [6.45, 7) is 5.67. The summed E-state index contributed by atoms with van der Waals surface area (Å²) < 4.78 is 10.8. The van der Waals surface area contributed by atoms with E-state index < -0.39 is 5.60 Å². The third-order valence-corrected chi connectivity index (χ3v) is 6.86. The molecule has 3 aliphatic carbocycles. The van der Waals surface area contributed by atoms with E-state index in [9.17, 15) is 4.79 Å². The lowest BCUT2D eigenvalue weighted by Gasteiger charge is -2.52. The lowest BCUT2D eigenvalue weighted by molar-refractivity contribution is 0.0201. The fourth-order valence-electron chi connectivity index (χ4n) is 4.75. The lowest BCUT2D eigenvalue weighted by Crippen LogP contribution is -2.57. The minimum atomic E-state index is -0.486. The number of amides is 1. The third kappa shape index (κ3) is 4.64. The number of hydrogen-bond donors (Lipinski definition) is 1. The fraction of sp³-hybridized carbons (Fsp3) is 0.542. The monoisotopic (exact) mass is 443 g/mol. The van der Waals surface area contributed by atoms with E-state index in [0.717, 1.165) is 55.1 Å². The van der Waals surface area contributed by atoms with Gasteiger partial charge in [0.2, 0.25) is 5.88 Å². The van der Waals surface area contributed by atoms with Gasteiger partial charge in [-0.2, -0.15) is 0 Å². The molecular weight excluding hydrogens is 414 g/mol. The number of alkyl carbamates (subject to hydrolysis) is 1. The van der Waals surface area contributed by atoms with E-state index in [4.69, 9.17) is 21.1 Å². The Morgan fingerprint density at radius 1 is 1.16 bits per heavy atom. The number of methoxy groups -OCH3 is 1. The summed E-state index contributed by atoms with van der Waals surface area (Å²) in [5.41, 5.74) is 1.89. The van der Waals surface area contributed by atoms with Crippen LogP contribution in [0.25, 0.3) is 17.1 Å². The molecule has 0 radical (unpaired) electrons. The average molecular weight is 444 g/mol.